The number of carbonyl (C=O) groups excluding carboxylic acids is 1. The minimum Gasteiger partial charge on any atom is -0.372 e. The molecule has 2 N–H and O–H groups in total. The van der Waals surface area contributed by atoms with Crippen LogP contribution in [-0.4, -0.2) is 35.5 Å². The van der Waals surface area contributed by atoms with Crippen LogP contribution in [0.3, 0.4) is 0 Å². The van der Waals surface area contributed by atoms with Crippen LogP contribution in [0.1, 0.15) is 49.5 Å². The van der Waals surface area contributed by atoms with E-state index >= 15 is 0 Å². The summed E-state index contributed by atoms with van der Waals surface area (Å²) in [4.78, 5) is 23.2. The lowest BCUT2D eigenvalue weighted by molar-refractivity contribution is 0.102. The second kappa shape index (κ2) is 9.17. The van der Waals surface area contributed by atoms with E-state index in [0.717, 1.165) is 38.2 Å². The number of hydrogen-bond donors (Lipinski definition) is 2. The largest absolute Gasteiger partial charge is 0.372 e. The van der Waals surface area contributed by atoms with E-state index in [1.165, 1.54) is 31.1 Å². The molecule has 6 heteroatoms. The average molecular weight is 353 g/mol. The Labute approximate surface area is 155 Å². The van der Waals surface area contributed by atoms with Crippen molar-refractivity contribution in [2.24, 2.45) is 0 Å². The van der Waals surface area contributed by atoms with Gasteiger partial charge < -0.3 is 15.5 Å². The van der Waals surface area contributed by atoms with E-state index in [1.807, 2.05) is 12.1 Å². The Kier molecular flexibility index (Phi) is 6.41. The number of hydrogen-bond acceptors (Lipinski definition) is 5. The number of rotatable bonds is 7. The van der Waals surface area contributed by atoms with Crippen LogP contribution in [0.15, 0.2) is 36.7 Å². The van der Waals surface area contributed by atoms with Crippen molar-refractivity contribution in [3.05, 3.63) is 42.4 Å². The first kappa shape index (κ1) is 18.2. The van der Waals surface area contributed by atoms with Crippen molar-refractivity contribution in [3.8, 4) is 0 Å². The maximum absolute atomic E-state index is 12.3. The second-order valence-electron chi connectivity index (χ2n) is 6.62. The quantitative estimate of drug-likeness (QED) is 0.738. The summed E-state index contributed by atoms with van der Waals surface area (Å²) in [6, 6.07) is 8.01. The number of unbranched alkanes of at least 4 members (excludes halogenated alkanes) is 1. The number of piperidine rings is 1. The first-order valence-corrected chi connectivity index (χ1v) is 9.48. The highest BCUT2D eigenvalue weighted by Crippen LogP contribution is 2.22. The zero-order chi connectivity index (χ0) is 18.2. The normalized spacial score (nSPS) is 14.1. The number of carbonyl (C=O) groups is 1. The number of benzene rings is 1. The maximum Gasteiger partial charge on any atom is 0.275 e. The second-order valence-corrected chi connectivity index (χ2v) is 6.62. The molecule has 0 aliphatic carbocycles. The van der Waals surface area contributed by atoms with E-state index in [4.69, 9.17) is 0 Å². The minimum absolute atomic E-state index is 0.247. The smallest absolute Gasteiger partial charge is 0.275 e. The molecule has 0 radical (unpaired) electrons. The van der Waals surface area contributed by atoms with Crippen molar-refractivity contribution in [3.63, 3.8) is 0 Å². The highest BCUT2D eigenvalue weighted by molar-refractivity contribution is 6.02. The van der Waals surface area contributed by atoms with Crippen LogP contribution in [0.4, 0.5) is 17.2 Å². The van der Waals surface area contributed by atoms with E-state index in [0.29, 0.717) is 11.5 Å². The predicted molar refractivity (Wildman–Crippen MR) is 106 cm³/mol. The molecule has 2 heterocycles. The lowest BCUT2D eigenvalue weighted by atomic mass is 10.1. The molecule has 1 aromatic heterocycles. The molecule has 0 saturated carbocycles. The summed E-state index contributed by atoms with van der Waals surface area (Å²) in [6.45, 7) is 5.22. The van der Waals surface area contributed by atoms with Gasteiger partial charge in [-0.3, -0.25) is 4.79 Å². The van der Waals surface area contributed by atoms with Crippen molar-refractivity contribution in [1.29, 1.82) is 0 Å². The molecule has 1 saturated heterocycles. The fraction of sp³-hybridized carbons (Fsp3) is 0.450. The van der Waals surface area contributed by atoms with Gasteiger partial charge in [-0.25, -0.2) is 9.97 Å². The van der Waals surface area contributed by atoms with Crippen molar-refractivity contribution < 1.29 is 4.79 Å². The van der Waals surface area contributed by atoms with Gasteiger partial charge in [0.2, 0.25) is 0 Å². The lowest BCUT2D eigenvalue weighted by Gasteiger charge is -2.28. The van der Waals surface area contributed by atoms with Crippen LogP contribution in [0.25, 0.3) is 0 Å². The fourth-order valence-electron chi connectivity index (χ4n) is 3.03. The summed E-state index contributed by atoms with van der Waals surface area (Å²) in [5.41, 5.74) is 2.29. The molecular formula is C20H27N5O. The molecule has 1 aliphatic rings. The van der Waals surface area contributed by atoms with Crippen molar-refractivity contribution >= 4 is 23.1 Å². The summed E-state index contributed by atoms with van der Waals surface area (Å²) in [6.07, 6.45) is 9.13. The highest BCUT2D eigenvalue weighted by Gasteiger charge is 2.12. The third kappa shape index (κ3) is 4.94. The molecular weight excluding hydrogens is 326 g/mol. The Bertz CT molecular complexity index is 693. The van der Waals surface area contributed by atoms with Crippen molar-refractivity contribution in [2.75, 3.05) is 35.2 Å². The van der Waals surface area contributed by atoms with E-state index in [-0.39, 0.29) is 5.91 Å². The molecule has 26 heavy (non-hydrogen) atoms. The molecule has 1 aliphatic heterocycles. The number of nitrogens with zero attached hydrogens (tertiary/aromatic N) is 3. The van der Waals surface area contributed by atoms with Crippen molar-refractivity contribution in [2.45, 2.75) is 39.0 Å². The molecule has 0 unspecified atom stereocenters. The van der Waals surface area contributed by atoms with E-state index in [1.54, 1.807) is 6.20 Å². The zero-order valence-corrected chi connectivity index (χ0v) is 15.4. The summed E-state index contributed by atoms with van der Waals surface area (Å²) in [5.74, 6) is 0.448. The van der Waals surface area contributed by atoms with Crippen LogP contribution < -0.4 is 15.5 Å². The average Bonchev–Trinajstić information content (AvgIpc) is 2.70. The molecule has 1 fully saturated rings. The van der Waals surface area contributed by atoms with Crippen LogP contribution in [-0.2, 0) is 0 Å². The topological polar surface area (TPSA) is 70.2 Å². The number of nitrogens with one attached hydrogen (secondary N) is 2. The highest BCUT2D eigenvalue weighted by atomic mass is 16.1. The number of aromatic nitrogens is 2. The summed E-state index contributed by atoms with van der Waals surface area (Å²) in [7, 11) is 0. The van der Waals surface area contributed by atoms with E-state index in [9.17, 15) is 4.79 Å². The van der Waals surface area contributed by atoms with Gasteiger partial charge in [0.1, 0.15) is 11.5 Å². The summed E-state index contributed by atoms with van der Waals surface area (Å²) >= 11 is 0. The molecule has 2 aromatic rings. The SMILES string of the molecule is CCCCNc1cnc(C(=O)Nc2ccc(N3CCCCC3)cc2)cn1. The Morgan fingerprint density at radius 3 is 2.50 bits per heavy atom. The molecule has 6 nitrogen and oxygen atoms in total. The number of anilines is 3. The van der Waals surface area contributed by atoms with Gasteiger partial charge in [-0.2, -0.15) is 0 Å². The fourth-order valence-corrected chi connectivity index (χ4v) is 3.03. The molecule has 0 atom stereocenters. The van der Waals surface area contributed by atoms with Gasteiger partial charge in [0.25, 0.3) is 5.91 Å². The molecule has 1 amide bonds. The predicted octanol–water partition coefficient (Wildman–Crippen LogP) is 3.93. The zero-order valence-electron chi connectivity index (χ0n) is 15.4. The first-order chi connectivity index (χ1) is 12.8. The van der Waals surface area contributed by atoms with Crippen molar-refractivity contribution in [1.82, 2.24) is 9.97 Å². The summed E-state index contributed by atoms with van der Waals surface area (Å²) < 4.78 is 0. The van der Waals surface area contributed by atoms with Crippen LogP contribution in [0, 0.1) is 0 Å². The van der Waals surface area contributed by atoms with Gasteiger partial charge in [-0.15, -0.1) is 0 Å². The van der Waals surface area contributed by atoms with Gasteiger partial charge in [0, 0.05) is 31.0 Å². The monoisotopic (exact) mass is 353 g/mol. The minimum atomic E-state index is -0.247. The Morgan fingerprint density at radius 1 is 1.08 bits per heavy atom. The Balaban J connectivity index is 1.55. The van der Waals surface area contributed by atoms with Crippen LogP contribution >= 0.6 is 0 Å². The number of amides is 1. The van der Waals surface area contributed by atoms with Gasteiger partial charge in [0.15, 0.2) is 0 Å². The molecule has 0 spiro atoms. The van der Waals surface area contributed by atoms with Gasteiger partial charge >= 0.3 is 0 Å². The maximum atomic E-state index is 12.3. The standard InChI is InChI=1S/C20H27N5O/c1-2-3-11-21-19-15-22-18(14-23-19)20(26)24-16-7-9-17(10-8-16)25-12-5-4-6-13-25/h7-10,14-15H,2-6,11-13H2,1H3,(H,21,23)(H,24,26). The van der Waals surface area contributed by atoms with Gasteiger partial charge in [-0.05, 0) is 49.9 Å². The third-order valence-corrected chi connectivity index (χ3v) is 4.57. The molecule has 138 valence electrons. The summed E-state index contributed by atoms with van der Waals surface area (Å²) in [5, 5.41) is 6.07. The molecule has 1 aromatic carbocycles. The lowest BCUT2D eigenvalue weighted by Crippen LogP contribution is -2.29. The third-order valence-electron chi connectivity index (χ3n) is 4.57. The first-order valence-electron chi connectivity index (χ1n) is 9.48. The van der Waals surface area contributed by atoms with E-state index in [2.05, 4.69) is 44.6 Å². The van der Waals surface area contributed by atoms with Crippen LogP contribution in [0.2, 0.25) is 0 Å². The van der Waals surface area contributed by atoms with Gasteiger partial charge in [0.05, 0.1) is 12.4 Å². The van der Waals surface area contributed by atoms with Gasteiger partial charge in [-0.1, -0.05) is 13.3 Å². The van der Waals surface area contributed by atoms with Crippen LogP contribution in [0.5, 0.6) is 0 Å². The Hall–Kier alpha value is -2.63. The molecule has 3 rings (SSSR count). The molecule has 0 bridgehead atoms. The van der Waals surface area contributed by atoms with E-state index < -0.39 is 0 Å². The Morgan fingerprint density at radius 2 is 1.85 bits per heavy atom.